The van der Waals surface area contributed by atoms with E-state index in [0.29, 0.717) is 20.2 Å². The zero-order valence-electron chi connectivity index (χ0n) is 7.15. The van der Waals surface area contributed by atoms with Crippen LogP contribution in [0.4, 0.5) is 0 Å². The molecule has 4 nitrogen and oxygen atoms in total. The summed E-state index contributed by atoms with van der Waals surface area (Å²) in [6.45, 7) is 0. The Hall–Kier alpha value is -1.20. The van der Waals surface area contributed by atoms with Crippen LogP contribution in [0.15, 0.2) is 12.4 Å². The van der Waals surface area contributed by atoms with Crippen LogP contribution in [-0.4, -0.2) is 23.0 Å². The molecule has 0 saturated carbocycles. The first-order valence-electron chi connectivity index (χ1n) is 3.70. The molecule has 0 bridgehead atoms. The Labute approximate surface area is 88.5 Å². The van der Waals surface area contributed by atoms with Crippen LogP contribution in [0.2, 0.25) is 5.15 Å². The van der Waals surface area contributed by atoms with Gasteiger partial charge in [-0.2, -0.15) is 0 Å². The molecular weight excluding hydrogens is 224 g/mol. The highest BCUT2D eigenvalue weighted by molar-refractivity contribution is 7.20. The molecule has 0 aliphatic carbocycles. The van der Waals surface area contributed by atoms with Crippen molar-refractivity contribution in [1.29, 1.82) is 0 Å². The summed E-state index contributed by atoms with van der Waals surface area (Å²) in [6.07, 6.45) is 1.36. The summed E-state index contributed by atoms with van der Waals surface area (Å²) in [4.78, 5) is 20.2. The number of methoxy groups -OCH3 is 1. The van der Waals surface area contributed by atoms with Crippen molar-refractivity contribution >= 4 is 39.1 Å². The monoisotopic (exact) mass is 228 g/mol. The SMILES string of the molecule is COC(=O)c1cc2c(Cl)ncnc2s1. The van der Waals surface area contributed by atoms with E-state index in [4.69, 9.17) is 11.6 Å². The number of rotatable bonds is 1. The lowest BCUT2D eigenvalue weighted by Gasteiger charge is -1.90. The van der Waals surface area contributed by atoms with Gasteiger partial charge >= 0.3 is 5.97 Å². The molecule has 0 saturated heterocycles. The van der Waals surface area contributed by atoms with Crippen molar-refractivity contribution < 1.29 is 9.53 Å². The van der Waals surface area contributed by atoms with Gasteiger partial charge in [0.25, 0.3) is 0 Å². The Morgan fingerprint density at radius 2 is 2.36 bits per heavy atom. The van der Waals surface area contributed by atoms with E-state index in [-0.39, 0.29) is 5.97 Å². The molecule has 0 fully saturated rings. The fourth-order valence-electron chi connectivity index (χ4n) is 1.03. The van der Waals surface area contributed by atoms with Crippen LogP contribution in [0, 0.1) is 0 Å². The second-order valence-corrected chi connectivity index (χ2v) is 3.87. The molecule has 0 aliphatic heterocycles. The van der Waals surface area contributed by atoms with Crippen molar-refractivity contribution in [3.8, 4) is 0 Å². The van der Waals surface area contributed by atoms with E-state index in [2.05, 4.69) is 14.7 Å². The molecule has 0 aromatic carbocycles. The molecule has 2 aromatic heterocycles. The lowest BCUT2D eigenvalue weighted by molar-refractivity contribution is 0.0606. The Morgan fingerprint density at radius 3 is 3.00 bits per heavy atom. The van der Waals surface area contributed by atoms with Crippen LogP contribution in [-0.2, 0) is 4.74 Å². The van der Waals surface area contributed by atoms with Gasteiger partial charge in [0.05, 0.1) is 7.11 Å². The van der Waals surface area contributed by atoms with Gasteiger partial charge in [-0.15, -0.1) is 11.3 Å². The second kappa shape index (κ2) is 3.51. The van der Waals surface area contributed by atoms with Crippen LogP contribution in [0.1, 0.15) is 9.67 Å². The first kappa shape index (κ1) is 9.36. The standard InChI is InChI=1S/C8H5ClN2O2S/c1-13-8(12)5-2-4-6(9)10-3-11-7(4)14-5/h2-3H,1H3. The fourth-order valence-corrected chi connectivity index (χ4v) is 2.19. The molecule has 2 heterocycles. The van der Waals surface area contributed by atoms with Crippen LogP contribution >= 0.6 is 22.9 Å². The van der Waals surface area contributed by atoms with E-state index < -0.39 is 0 Å². The van der Waals surface area contributed by atoms with Crippen molar-refractivity contribution in [3.63, 3.8) is 0 Å². The third-order valence-electron chi connectivity index (χ3n) is 1.67. The van der Waals surface area contributed by atoms with Crippen molar-refractivity contribution in [2.45, 2.75) is 0 Å². The van der Waals surface area contributed by atoms with Crippen molar-refractivity contribution in [2.75, 3.05) is 7.11 Å². The average Bonchev–Trinajstić information content (AvgIpc) is 2.62. The van der Waals surface area contributed by atoms with Gasteiger partial charge in [0, 0.05) is 5.39 Å². The van der Waals surface area contributed by atoms with Crippen LogP contribution < -0.4 is 0 Å². The summed E-state index contributed by atoms with van der Waals surface area (Å²) in [5.74, 6) is -0.385. The smallest absolute Gasteiger partial charge is 0.348 e. The predicted molar refractivity (Wildman–Crippen MR) is 53.8 cm³/mol. The first-order valence-corrected chi connectivity index (χ1v) is 4.90. The number of aromatic nitrogens is 2. The number of ether oxygens (including phenoxy) is 1. The molecule has 14 heavy (non-hydrogen) atoms. The maximum absolute atomic E-state index is 11.2. The van der Waals surface area contributed by atoms with Gasteiger partial charge in [-0.1, -0.05) is 11.6 Å². The molecule has 0 spiro atoms. The maximum Gasteiger partial charge on any atom is 0.348 e. The van der Waals surface area contributed by atoms with Gasteiger partial charge in [-0.05, 0) is 6.07 Å². The van der Waals surface area contributed by atoms with Crippen molar-refractivity contribution in [1.82, 2.24) is 9.97 Å². The molecule has 0 N–H and O–H groups in total. The third kappa shape index (κ3) is 1.44. The van der Waals surface area contributed by atoms with Gasteiger partial charge in [0.2, 0.25) is 0 Å². The van der Waals surface area contributed by atoms with Crippen LogP contribution in [0.25, 0.3) is 10.2 Å². The Kier molecular flexibility index (Phi) is 2.35. The number of hydrogen-bond acceptors (Lipinski definition) is 5. The minimum Gasteiger partial charge on any atom is -0.465 e. The number of carbonyl (C=O) groups excluding carboxylic acids is 1. The second-order valence-electron chi connectivity index (χ2n) is 2.49. The van der Waals surface area contributed by atoms with Gasteiger partial charge in [-0.25, -0.2) is 14.8 Å². The lowest BCUT2D eigenvalue weighted by Crippen LogP contribution is -1.96. The molecule has 0 aliphatic rings. The minimum absolute atomic E-state index is 0.349. The van der Waals surface area contributed by atoms with E-state index >= 15 is 0 Å². The number of fused-ring (bicyclic) bond motifs is 1. The molecule has 0 radical (unpaired) electrons. The first-order chi connectivity index (χ1) is 6.72. The number of thiophene rings is 1. The highest BCUT2D eigenvalue weighted by Crippen LogP contribution is 2.27. The maximum atomic E-state index is 11.2. The van der Waals surface area contributed by atoms with E-state index in [1.165, 1.54) is 24.8 Å². The summed E-state index contributed by atoms with van der Waals surface area (Å²) in [5, 5.41) is 1.03. The highest BCUT2D eigenvalue weighted by atomic mass is 35.5. The van der Waals surface area contributed by atoms with E-state index in [0.717, 1.165) is 0 Å². The summed E-state index contributed by atoms with van der Waals surface area (Å²) in [7, 11) is 1.33. The average molecular weight is 229 g/mol. The van der Waals surface area contributed by atoms with Crippen LogP contribution in [0.3, 0.4) is 0 Å². The quantitative estimate of drug-likeness (QED) is 0.554. The number of esters is 1. The Morgan fingerprint density at radius 1 is 1.57 bits per heavy atom. The molecule has 2 rings (SSSR count). The third-order valence-corrected chi connectivity index (χ3v) is 2.99. The van der Waals surface area contributed by atoms with Crippen molar-refractivity contribution in [2.24, 2.45) is 0 Å². The molecule has 72 valence electrons. The Balaban J connectivity index is 2.62. The number of nitrogens with zero attached hydrogens (tertiary/aromatic N) is 2. The Bertz CT molecular complexity index is 497. The summed E-state index contributed by atoms with van der Waals surface area (Å²) < 4.78 is 4.59. The minimum atomic E-state index is -0.385. The van der Waals surface area contributed by atoms with Gasteiger partial charge < -0.3 is 4.74 Å². The fraction of sp³-hybridized carbons (Fsp3) is 0.125. The van der Waals surface area contributed by atoms with Gasteiger partial charge in [0.15, 0.2) is 0 Å². The molecule has 0 unspecified atom stereocenters. The number of halogens is 1. The predicted octanol–water partition coefficient (Wildman–Crippen LogP) is 2.13. The molecule has 0 atom stereocenters. The van der Waals surface area contributed by atoms with E-state index in [9.17, 15) is 4.79 Å². The summed E-state index contributed by atoms with van der Waals surface area (Å²) >= 11 is 7.06. The molecule has 6 heteroatoms. The normalized spacial score (nSPS) is 10.4. The van der Waals surface area contributed by atoms with Crippen molar-refractivity contribution in [3.05, 3.63) is 22.4 Å². The zero-order valence-corrected chi connectivity index (χ0v) is 8.72. The molecular formula is C8H5ClN2O2S. The largest absolute Gasteiger partial charge is 0.465 e. The number of carbonyl (C=O) groups is 1. The van der Waals surface area contributed by atoms with Gasteiger partial charge in [0.1, 0.15) is 21.2 Å². The lowest BCUT2D eigenvalue weighted by atomic mass is 10.4. The zero-order chi connectivity index (χ0) is 10.1. The van der Waals surface area contributed by atoms with E-state index in [1.807, 2.05) is 0 Å². The summed E-state index contributed by atoms with van der Waals surface area (Å²) in [6, 6.07) is 1.63. The van der Waals surface area contributed by atoms with Gasteiger partial charge in [-0.3, -0.25) is 0 Å². The summed E-state index contributed by atoms with van der Waals surface area (Å²) in [5.41, 5.74) is 0. The van der Waals surface area contributed by atoms with E-state index in [1.54, 1.807) is 6.07 Å². The molecule has 2 aromatic rings. The van der Waals surface area contributed by atoms with Crippen LogP contribution in [0.5, 0.6) is 0 Å². The number of hydrogen-bond donors (Lipinski definition) is 0. The highest BCUT2D eigenvalue weighted by Gasteiger charge is 2.12. The topological polar surface area (TPSA) is 52.1 Å². The molecule has 0 amide bonds.